The van der Waals surface area contributed by atoms with E-state index in [1.165, 1.54) is 6.20 Å². The average molecular weight is 512 g/mol. The van der Waals surface area contributed by atoms with E-state index in [0.717, 1.165) is 12.8 Å². The molecule has 2 amide bonds. The Hall–Kier alpha value is -3.53. The summed E-state index contributed by atoms with van der Waals surface area (Å²) >= 11 is 0. The molecule has 0 saturated carbocycles. The fraction of sp³-hybridized carbons (Fsp3) is 0.385. The predicted molar refractivity (Wildman–Crippen MR) is 135 cm³/mol. The summed E-state index contributed by atoms with van der Waals surface area (Å²) in [4.78, 5) is 27.5. The van der Waals surface area contributed by atoms with Crippen LogP contribution in [0, 0.1) is 5.92 Å². The molecule has 9 nitrogen and oxygen atoms in total. The molecule has 0 unspecified atom stereocenters. The SMILES string of the molecule is CC1CCN(C(=O)Cn2cc(S(=O)(=O)CC(=O)Nc3ccc4c(c3)OCCO4)c3ccccc32)CC1. The van der Waals surface area contributed by atoms with Crippen molar-refractivity contribution in [2.45, 2.75) is 31.2 Å². The van der Waals surface area contributed by atoms with E-state index in [4.69, 9.17) is 9.47 Å². The molecule has 0 aliphatic carbocycles. The Kier molecular flexibility index (Phi) is 6.61. The highest BCUT2D eigenvalue weighted by molar-refractivity contribution is 7.92. The highest BCUT2D eigenvalue weighted by Gasteiger charge is 2.26. The van der Waals surface area contributed by atoms with E-state index in [0.29, 0.717) is 60.3 Å². The molecule has 0 bridgehead atoms. The molecule has 1 saturated heterocycles. The number of benzene rings is 2. The topological polar surface area (TPSA) is 107 Å². The maximum absolute atomic E-state index is 13.3. The van der Waals surface area contributed by atoms with E-state index < -0.39 is 21.5 Å². The zero-order chi connectivity index (χ0) is 25.3. The number of para-hydroxylation sites is 1. The van der Waals surface area contributed by atoms with Gasteiger partial charge in [-0.05, 0) is 37.0 Å². The number of hydrogen-bond acceptors (Lipinski definition) is 6. The zero-order valence-electron chi connectivity index (χ0n) is 20.1. The number of anilines is 1. The summed E-state index contributed by atoms with van der Waals surface area (Å²) in [6.07, 6.45) is 3.41. The summed E-state index contributed by atoms with van der Waals surface area (Å²) in [6.45, 7) is 4.51. The van der Waals surface area contributed by atoms with Crippen LogP contribution >= 0.6 is 0 Å². The summed E-state index contributed by atoms with van der Waals surface area (Å²) in [5.74, 6) is 0.246. The standard InChI is InChI=1S/C26H29N3O6S/c1-18-8-10-28(11-9-18)26(31)16-29-15-24(20-4-2-3-5-21(20)29)36(32,33)17-25(30)27-19-6-7-22-23(14-19)35-13-12-34-22/h2-7,14-15,18H,8-13,16-17H2,1H3,(H,27,30). The first-order valence-electron chi connectivity index (χ1n) is 12.1. The number of carbonyl (C=O) groups is 2. The molecule has 0 radical (unpaired) electrons. The van der Waals surface area contributed by atoms with Crippen LogP contribution in [0.5, 0.6) is 11.5 Å². The number of fused-ring (bicyclic) bond motifs is 2. The lowest BCUT2D eigenvalue weighted by molar-refractivity contribution is -0.133. The molecular weight excluding hydrogens is 482 g/mol. The van der Waals surface area contributed by atoms with Gasteiger partial charge in [0.1, 0.15) is 25.5 Å². The summed E-state index contributed by atoms with van der Waals surface area (Å²) in [5.41, 5.74) is 1.06. The van der Waals surface area contributed by atoms with E-state index in [2.05, 4.69) is 12.2 Å². The third-order valence-electron chi connectivity index (χ3n) is 6.68. The monoisotopic (exact) mass is 511 g/mol. The quantitative estimate of drug-likeness (QED) is 0.545. The highest BCUT2D eigenvalue weighted by atomic mass is 32.2. The van der Waals surface area contributed by atoms with Gasteiger partial charge in [0.15, 0.2) is 21.3 Å². The smallest absolute Gasteiger partial charge is 0.242 e. The molecule has 3 heterocycles. The molecule has 2 aliphatic heterocycles. The molecule has 190 valence electrons. The van der Waals surface area contributed by atoms with Crippen LogP contribution < -0.4 is 14.8 Å². The van der Waals surface area contributed by atoms with Crippen LogP contribution in [0.15, 0.2) is 53.6 Å². The van der Waals surface area contributed by atoms with Crippen LogP contribution in [-0.4, -0.2) is 61.8 Å². The molecule has 2 aromatic carbocycles. The first-order valence-corrected chi connectivity index (χ1v) is 13.7. The molecule has 3 aromatic rings. The first kappa shape index (κ1) is 24.2. The number of ether oxygens (including phenoxy) is 2. The Balaban J connectivity index is 1.34. The van der Waals surface area contributed by atoms with Crippen LogP contribution in [0.3, 0.4) is 0 Å². The molecule has 0 spiro atoms. The molecular formula is C26H29N3O6S. The molecule has 1 fully saturated rings. The zero-order valence-corrected chi connectivity index (χ0v) is 20.9. The molecule has 1 aromatic heterocycles. The van der Waals surface area contributed by atoms with Crippen molar-refractivity contribution in [1.82, 2.24) is 9.47 Å². The van der Waals surface area contributed by atoms with Crippen molar-refractivity contribution in [3.05, 3.63) is 48.7 Å². The number of aromatic nitrogens is 1. The van der Waals surface area contributed by atoms with E-state index >= 15 is 0 Å². The Morgan fingerprint density at radius 3 is 2.53 bits per heavy atom. The van der Waals surface area contributed by atoms with E-state index in [9.17, 15) is 18.0 Å². The van der Waals surface area contributed by atoms with Gasteiger partial charge >= 0.3 is 0 Å². The lowest BCUT2D eigenvalue weighted by Crippen LogP contribution is -2.39. The van der Waals surface area contributed by atoms with Crippen LogP contribution in [-0.2, 0) is 26.0 Å². The minimum atomic E-state index is -3.98. The van der Waals surface area contributed by atoms with Crippen LogP contribution in [0.25, 0.3) is 10.9 Å². The second-order valence-corrected chi connectivity index (χ2v) is 11.3. The van der Waals surface area contributed by atoms with Crippen molar-refractivity contribution in [2.24, 2.45) is 5.92 Å². The first-order chi connectivity index (χ1) is 17.3. The Morgan fingerprint density at radius 2 is 1.75 bits per heavy atom. The molecule has 5 rings (SSSR count). The number of likely N-dealkylation sites (tertiary alicyclic amines) is 1. The summed E-state index contributed by atoms with van der Waals surface area (Å²) in [5, 5.41) is 3.12. The van der Waals surface area contributed by atoms with Crippen molar-refractivity contribution >= 4 is 38.2 Å². The van der Waals surface area contributed by atoms with Crippen molar-refractivity contribution in [3.8, 4) is 11.5 Å². The largest absolute Gasteiger partial charge is 0.486 e. The summed E-state index contributed by atoms with van der Waals surface area (Å²) < 4.78 is 39.3. The summed E-state index contributed by atoms with van der Waals surface area (Å²) in [6, 6.07) is 12.0. The van der Waals surface area contributed by atoms with Gasteiger partial charge in [0.05, 0.1) is 4.90 Å². The fourth-order valence-corrected chi connectivity index (χ4v) is 6.03. The predicted octanol–water partition coefficient (Wildman–Crippen LogP) is 3.08. The minimum Gasteiger partial charge on any atom is -0.486 e. The number of carbonyl (C=O) groups excluding carboxylic acids is 2. The molecule has 36 heavy (non-hydrogen) atoms. The lowest BCUT2D eigenvalue weighted by atomic mass is 9.99. The maximum Gasteiger partial charge on any atom is 0.242 e. The molecule has 0 atom stereocenters. The highest BCUT2D eigenvalue weighted by Crippen LogP contribution is 2.33. The van der Waals surface area contributed by atoms with E-state index in [-0.39, 0.29) is 17.3 Å². The van der Waals surface area contributed by atoms with E-state index in [1.54, 1.807) is 47.0 Å². The van der Waals surface area contributed by atoms with Gasteiger partial charge in [0.25, 0.3) is 0 Å². The van der Waals surface area contributed by atoms with Gasteiger partial charge in [-0.2, -0.15) is 0 Å². The number of nitrogens with one attached hydrogen (secondary N) is 1. The van der Waals surface area contributed by atoms with Gasteiger partial charge in [-0.25, -0.2) is 8.42 Å². The number of piperidine rings is 1. The number of hydrogen-bond donors (Lipinski definition) is 1. The van der Waals surface area contributed by atoms with Crippen LogP contribution in [0.2, 0.25) is 0 Å². The van der Waals surface area contributed by atoms with Gasteiger partial charge in [-0.3, -0.25) is 9.59 Å². The maximum atomic E-state index is 13.3. The molecule has 10 heteroatoms. The van der Waals surface area contributed by atoms with Gasteiger partial charge in [-0.15, -0.1) is 0 Å². The van der Waals surface area contributed by atoms with Crippen molar-refractivity contribution in [1.29, 1.82) is 0 Å². The van der Waals surface area contributed by atoms with Gasteiger partial charge in [0.2, 0.25) is 11.8 Å². The second kappa shape index (κ2) is 9.85. The Labute approximate surface area is 209 Å². The van der Waals surface area contributed by atoms with Gasteiger partial charge in [-0.1, -0.05) is 25.1 Å². The third-order valence-corrected chi connectivity index (χ3v) is 8.31. The number of amides is 2. The summed E-state index contributed by atoms with van der Waals surface area (Å²) in [7, 11) is -3.98. The second-order valence-electron chi connectivity index (χ2n) is 9.37. The number of nitrogens with zero attached hydrogens (tertiary/aromatic N) is 2. The Morgan fingerprint density at radius 1 is 1.03 bits per heavy atom. The van der Waals surface area contributed by atoms with Crippen molar-refractivity contribution in [3.63, 3.8) is 0 Å². The average Bonchev–Trinajstić information content (AvgIpc) is 3.23. The number of rotatable bonds is 6. The van der Waals surface area contributed by atoms with Crippen molar-refractivity contribution in [2.75, 3.05) is 37.4 Å². The van der Waals surface area contributed by atoms with Gasteiger partial charge in [0, 0.05) is 41.9 Å². The van der Waals surface area contributed by atoms with E-state index in [1.807, 2.05) is 4.90 Å². The number of sulfone groups is 1. The fourth-order valence-electron chi connectivity index (χ4n) is 4.66. The van der Waals surface area contributed by atoms with Gasteiger partial charge < -0.3 is 24.3 Å². The minimum absolute atomic E-state index is 0.0375. The Bertz CT molecular complexity index is 1410. The van der Waals surface area contributed by atoms with Crippen LogP contribution in [0.4, 0.5) is 5.69 Å². The molecule has 2 aliphatic rings. The molecule has 1 N–H and O–H groups in total. The van der Waals surface area contributed by atoms with Crippen LogP contribution in [0.1, 0.15) is 19.8 Å². The lowest BCUT2D eigenvalue weighted by Gasteiger charge is -2.30. The normalized spacial score (nSPS) is 16.2. The van der Waals surface area contributed by atoms with Crippen molar-refractivity contribution < 1.29 is 27.5 Å². The third kappa shape index (κ3) is 5.04.